The molecule has 3 heterocycles. The highest BCUT2D eigenvalue weighted by Crippen LogP contribution is 2.20. The average molecular weight is 410 g/mol. The average Bonchev–Trinajstić information content (AvgIpc) is 3.30. The maximum Gasteiger partial charge on any atom is 0.194 e. The molecule has 0 aliphatic carbocycles. The Balaban J connectivity index is 1.34. The van der Waals surface area contributed by atoms with Gasteiger partial charge in [0, 0.05) is 69.1 Å². The normalized spacial score (nSPS) is 14.9. The number of aliphatic imine (C=N–C) groups is 1. The van der Waals surface area contributed by atoms with Crippen LogP contribution in [-0.4, -0.2) is 58.9 Å². The maximum atomic E-state index is 6.13. The first-order chi connectivity index (χ1) is 14.2. The van der Waals surface area contributed by atoms with E-state index >= 15 is 0 Å². The third-order valence-electron chi connectivity index (χ3n) is 4.96. The zero-order chi connectivity index (χ0) is 20.1. The first-order valence-electron chi connectivity index (χ1n) is 9.64. The summed E-state index contributed by atoms with van der Waals surface area (Å²) in [5.41, 5.74) is 2.30. The van der Waals surface area contributed by atoms with Crippen molar-refractivity contribution >= 4 is 23.2 Å². The van der Waals surface area contributed by atoms with E-state index in [4.69, 9.17) is 11.6 Å². The van der Waals surface area contributed by atoms with E-state index in [0.29, 0.717) is 6.54 Å². The molecule has 1 saturated heterocycles. The number of nitrogens with one attached hydrogen (secondary N) is 1. The number of hydrogen-bond donors (Lipinski definition) is 1. The van der Waals surface area contributed by atoms with Crippen LogP contribution in [0.4, 0.5) is 5.69 Å². The Kier molecular flexibility index (Phi) is 5.95. The fourth-order valence-corrected chi connectivity index (χ4v) is 3.65. The molecule has 0 atom stereocenters. The first kappa shape index (κ1) is 19.3. The lowest BCUT2D eigenvalue weighted by Gasteiger charge is -2.37. The Morgan fingerprint density at radius 2 is 1.97 bits per heavy atom. The number of hydrogen-bond acceptors (Lipinski definition) is 4. The van der Waals surface area contributed by atoms with Crippen LogP contribution < -0.4 is 10.2 Å². The van der Waals surface area contributed by atoms with Gasteiger partial charge in [0.15, 0.2) is 11.8 Å². The third-order valence-corrected chi connectivity index (χ3v) is 5.20. The minimum absolute atomic E-state index is 0.679. The van der Waals surface area contributed by atoms with Crippen molar-refractivity contribution < 1.29 is 0 Å². The van der Waals surface area contributed by atoms with Crippen LogP contribution in [0.5, 0.6) is 0 Å². The topological polar surface area (TPSA) is 61.6 Å². The first-order valence-corrected chi connectivity index (χ1v) is 10.0. The van der Waals surface area contributed by atoms with E-state index in [-0.39, 0.29) is 0 Å². The molecule has 8 heteroatoms. The van der Waals surface area contributed by atoms with Gasteiger partial charge in [-0.2, -0.15) is 5.10 Å². The summed E-state index contributed by atoms with van der Waals surface area (Å²) in [6.45, 7) is 4.35. The summed E-state index contributed by atoms with van der Waals surface area (Å²) in [6.07, 6.45) is 5.44. The van der Waals surface area contributed by atoms with Crippen LogP contribution in [0.15, 0.2) is 66.0 Å². The molecule has 0 bridgehead atoms. The van der Waals surface area contributed by atoms with Crippen LogP contribution in [0.2, 0.25) is 5.02 Å². The number of halogens is 1. The number of guanidine groups is 1. The number of anilines is 1. The molecule has 29 heavy (non-hydrogen) atoms. The van der Waals surface area contributed by atoms with E-state index < -0.39 is 0 Å². The van der Waals surface area contributed by atoms with E-state index in [0.717, 1.165) is 48.5 Å². The molecule has 1 aromatic carbocycles. The molecule has 1 fully saturated rings. The largest absolute Gasteiger partial charge is 0.368 e. The van der Waals surface area contributed by atoms with Crippen LogP contribution in [-0.2, 0) is 6.54 Å². The second-order valence-electron chi connectivity index (χ2n) is 6.83. The molecule has 1 aliphatic rings. The Morgan fingerprint density at radius 3 is 2.69 bits per heavy atom. The molecule has 1 N–H and O–H groups in total. The molecule has 7 nitrogen and oxygen atoms in total. The monoisotopic (exact) mass is 409 g/mol. The summed E-state index contributed by atoms with van der Waals surface area (Å²) >= 11 is 6.13. The number of benzene rings is 1. The molecule has 3 aromatic rings. The van der Waals surface area contributed by atoms with Crippen molar-refractivity contribution in [3.05, 3.63) is 71.6 Å². The fourth-order valence-electron chi connectivity index (χ4n) is 3.46. The van der Waals surface area contributed by atoms with Crippen LogP contribution in [0.25, 0.3) is 5.82 Å². The van der Waals surface area contributed by atoms with E-state index in [1.54, 1.807) is 17.1 Å². The Labute approximate surface area is 175 Å². The molecule has 0 radical (unpaired) electrons. The molecule has 1 aliphatic heterocycles. The molecule has 0 spiro atoms. The molecule has 2 aromatic heterocycles. The SMILES string of the molecule is CN=C(NCc1ccnc(-n2cccn2)c1)N1CCN(c2cccc(Cl)c2)CC1. The lowest BCUT2D eigenvalue weighted by atomic mass is 10.2. The van der Waals surface area contributed by atoms with Gasteiger partial charge >= 0.3 is 0 Å². The van der Waals surface area contributed by atoms with Crippen molar-refractivity contribution in [2.75, 3.05) is 38.1 Å². The Hall–Kier alpha value is -3.06. The predicted molar refractivity (Wildman–Crippen MR) is 117 cm³/mol. The van der Waals surface area contributed by atoms with Crippen LogP contribution in [0.1, 0.15) is 5.56 Å². The summed E-state index contributed by atoms with van der Waals surface area (Å²) in [5.74, 6) is 1.72. The van der Waals surface area contributed by atoms with Gasteiger partial charge in [0.1, 0.15) is 0 Å². The van der Waals surface area contributed by atoms with Gasteiger partial charge in [-0.25, -0.2) is 9.67 Å². The maximum absolute atomic E-state index is 6.13. The van der Waals surface area contributed by atoms with Gasteiger partial charge in [-0.05, 0) is 42.0 Å². The Bertz CT molecular complexity index is 963. The second-order valence-corrected chi connectivity index (χ2v) is 7.26. The van der Waals surface area contributed by atoms with E-state index in [2.05, 4.69) is 36.3 Å². The van der Waals surface area contributed by atoms with Crippen LogP contribution in [0, 0.1) is 0 Å². The highest BCUT2D eigenvalue weighted by molar-refractivity contribution is 6.30. The van der Waals surface area contributed by atoms with Gasteiger partial charge in [-0.3, -0.25) is 4.99 Å². The zero-order valence-electron chi connectivity index (χ0n) is 16.4. The van der Waals surface area contributed by atoms with E-state index in [1.807, 2.05) is 49.6 Å². The van der Waals surface area contributed by atoms with Crippen molar-refractivity contribution in [3.8, 4) is 5.82 Å². The summed E-state index contributed by atoms with van der Waals surface area (Å²) in [4.78, 5) is 13.5. The van der Waals surface area contributed by atoms with Gasteiger partial charge in [0.25, 0.3) is 0 Å². The van der Waals surface area contributed by atoms with Crippen molar-refractivity contribution in [3.63, 3.8) is 0 Å². The number of rotatable bonds is 4. The van der Waals surface area contributed by atoms with Crippen LogP contribution >= 0.6 is 11.6 Å². The van der Waals surface area contributed by atoms with Gasteiger partial charge in [0.2, 0.25) is 0 Å². The van der Waals surface area contributed by atoms with Crippen LogP contribution in [0.3, 0.4) is 0 Å². The van der Waals surface area contributed by atoms with Gasteiger partial charge < -0.3 is 15.1 Å². The number of aromatic nitrogens is 3. The second kappa shape index (κ2) is 8.96. The van der Waals surface area contributed by atoms with E-state index in [1.165, 1.54) is 5.69 Å². The lowest BCUT2D eigenvalue weighted by molar-refractivity contribution is 0.372. The third kappa shape index (κ3) is 4.68. The zero-order valence-corrected chi connectivity index (χ0v) is 17.1. The van der Waals surface area contributed by atoms with Crippen molar-refractivity contribution in [1.29, 1.82) is 0 Å². The standard InChI is InChI=1S/C21H24ClN7/c1-23-21(25-16-17-6-8-24-20(14-17)29-9-3-7-26-29)28-12-10-27(11-13-28)19-5-2-4-18(22)15-19/h2-9,14-15H,10-13,16H2,1H3,(H,23,25). The summed E-state index contributed by atoms with van der Waals surface area (Å²) in [7, 11) is 1.83. The summed E-state index contributed by atoms with van der Waals surface area (Å²) < 4.78 is 1.76. The van der Waals surface area contributed by atoms with Crippen molar-refractivity contribution in [1.82, 2.24) is 25.0 Å². The molecule has 0 amide bonds. The highest BCUT2D eigenvalue weighted by atomic mass is 35.5. The van der Waals surface area contributed by atoms with Gasteiger partial charge in [-0.1, -0.05) is 17.7 Å². The smallest absolute Gasteiger partial charge is 0.194 e. The fraction of sp³-hybridized carbons (Fsp3) is 0.286. The minimum Gasteiger partial charge on any atom is -0.368 e. The summed E-state index contributed by atoms with van der Waals surface area (Å²) in [6, 6.07) is 14.0. The molecule has 0 unspecified atom stereocenters. The summed E-state index contributed by atoms with van der Waals surface area (Å²) in [5, 5.41) is 8.48. The minimum atomic E-state index is 0.679. The lowest BCUT2D eigenvalue weighted by Crippen LogP contribution is -2.52. The number of nitrogens with zero attached hydrogens (tertiary/aromatic N) is 6. The van der Waals surface area contributed by atoms with Crippen molar-refractivity contribution in [2.45, 2.75) is 6.54 Å². The Morgan fingerprint density at radius 1 is 1.10 bits per heavy atom. The molecule has 150 valence electrons. The number of piperazine rings is 1. The molecule has 0 saturated carbocycles. The van der Waals surface area contributed by atoms with Crippen molar-refractivity contribution in [2.24, 2.45) is 4.99 Å². The van der Waals surface area contributed by atoms with Gasteiger partial charge in [0.05, 0.1) is 0 Å². The highest BCUT2D eigenvalue weighted by Gasteiger charge is 2.20. The molecular formula is C21H24ClN7. The predicted octanol–water partition coefficient (Wildman–Crippen LogP) is 2.82. The van der Waals surface area contributed by atoms with Gasteiger partial charge in [-0.15, -0.1) is 0 Å². The van der Waals surface area contributed by atoms with E-state index in [9.17, 15) is 0 Å². The molecule has 4 rings (SSSR count). The molecular weight excluding hydrogens is 386 g/mol. The quantitative estimate of drug-likeness (QED) is 0.530. The number of pyridine rings is 1.